The molecule has 0 aliphatic carbocycles. The molecule has 0 unspecified atom stereocenters. The van der Waals surface area contributed by atoms with E-state index in [2.05, 4.69) is 40.1 Å². The Morgan fingerprint density at radius 2 is 1.63 bits per heavy atom. The van der Waals surface area contributed by atoms with Crippen LogP contribution in [0.3, 0.4) is 0 Å². The molecule has 0 radical (unpaired) electrons. The summed E-state index contributed by atoms with van der Waals surface area (Å²) >= 11 is 0. The van der Waals surface area contributed by atoms with Crippen LogP contribution in [-0.4, -0.2) is 60.1 Å². The van der Waals surface area contributed by atoms with Crippen LogP contribution in [-0.2, 0) is 4.79 Å². The van der Waals surface area contributed by atoms with Crippen molar-refractivity contribution in [3.05, 3.63) is 114 Å². The highest BCUT2D eigenvalue weighted by molar-refractivity contribution is 5.93. The first kappa shape index (κ1) is 28.3. The molecule has 1 aliphatic heterocycles. The third-order valence-corrected chi connectivity index (χ3v) is 7.61. The van der Waals surface area contributed by atoms with Gasteiger partial charge in [-0.3, -0.25) is 9.59 Å². The van der Waals surface area contributed by atoms with E-state index in [9.17, 15) is 9.59 Å². The zero-order valence-corrected chi connectivity index (χ0v) is 23.1. The van der Waals surface area contributed by atoms with Gasteiger partial charge in [-0.1, -0.05) is 96.2 Å². The molecule has 4 aromatic rings. The van der Waals surface area contributed by atoms with Crippen LogP contribution in [0.5, 0.6) is 0 Å². The van der Waals surface area contributed by atoms with E-state index in [1.165, 1.54) is 11.1 Å². The maximum Gasteiger partial charge on any atom is 0.273 e. The predicted molar refractivity (Wildman–Crippen MR) is 159 cm³/mol. The summed E-state index contributed by atoms with van der Waals surface area (Å²) in [6.45, 7) is 2.05. The number of amides is 2. The molecule has 2 atom stereocenters. The van der Waals surface area contributed by atoms with Crippen molar-refractivity contribution >= 4 is 11.8 Å². The summed E-state index contributed by atoms with van der Waals surface area (Å²) in [6, 6.07) is 31.4. The van der Waals surface area contributed by atoms with Gasteiger partial charge in [0.1, 0.15) is 0 Å². The Morgan fingerprint density at radius 1 is 1.00 bits per heavy atom. The Hall–Kier alpha value is -4.27. The van der Waals surface area contributed by atoms with Crippen molar-refractivity contribution in [2.24, 2.45) is 5.73 Å². The van der Waals surface area contributed by atoms with Crippen molar-refractivity contribution in [3.8, 4) is 11.3 Å². The number of nitrogens with zero attached hydrogens (tertiary/aromatic N) is 2. The third-order valence-electron chi connectivity index (χ3n) is 7.61. The van der Waals surface area contributed by atoms with Crippen LogP contribution in [0.2, 0.25) is 0 Å². The highest BCUT2D eigenvalue weighted by Crippen LogP contribution is 2.27. The fraction of sp³-hybridized carbons (Fsp3) is 0.303. The highest BCUT2D eigenvalue weighted by atomic mass is 16.5. The molecule has 0 spiro atoms. The number of nitrogens with one attached hydrogen (secondary N) is 2. The van der Waals surface area contributed by atoms with Gasteiger partial charge in [0.25, 0.3) is 5.91 Å². The van der Waals surface area contributed by atoms with Crippen molar-refractivity contribution in [2.75, 3.05) is 26.2 Å². The lowest BCUT2D eigenvalue weighted by atomic mass is 9.90. The van der Waals surface area contributed by atoms with Gasteiger partial charge in [-0.15, -0.1) is 0 Å². The number of hydrogen-bond acceptors (Lipinski definition) is 6. The van der Waals surface area contributed by atoms with Crippen LogP contribution in [0.1, 0.15) is 46.8 Å². The lowest BCUT2D eigenvalue weighted by molar-refractivity contribution is -0.133. The smallest absolute Gasteiger partial charge is 0.273 e. The predicted octanol–water partition coefficient (Wildman–Crippen LogP) is 4.20. The molecule has 8 nitrogen and oxygen atoms in total. The van der Waals surface area contributed by atoms with E-state index in [1.807, 2.05) is 71.6 Å². The summed E-state index contributed by atoms with van der Waals surface area (Å²) < 4.78 is 5.39. The molecule has 1 aromatic heterocycles. The van der Waals surface area contributed by atoms with Gasteiger partial charge in [0, 0.05) is 43.2 Å². The first-order valence-corrected chi connectivity index (χ1v) is 14.3. The lowest BCUT2D eigenvalue weighted by Crippen LogP contribution is -2.49. The third kappa shape index (κ3) is 7.28. The molecular weight excluding hydrogens is 514 g/mol. The second kappa shape index (κ2) is 13.9. The Kier molecular flexibility index (Phi) is 9.57. The molecule has 0 saturated carbocycles. The quantitative estimate of drug-likeness (QED) is 0.258. The van der Waals surface area contributed by atoms with Gasteiger partial charge in [-0.05, 0) is 36.9 Å². The minimum atomic E-state index is -0.369. The monoisotopic (exact) mass is 551 g/mol. The summed E-state index contributed by atoms with van der Waals surface area (Å²) in [5.74, 6) is 0.363. The zero-order chi connectivity index (χ0) is 28.4. The van der Waals surface area contributed by atoms with E-state index in [-0.39, 0.29) is 35.5 Å². The zero-order valence-electron chi connectivity index (χ0n) is 23.1. The Morgan fingerprint density at radius 3 is 2.27 bits per heavy atom. The van der Waals surface area contributed by atoms with E-state index in [0.717, 1.165) is 12.0 Å². The van der Waals surface area contributed by atoms with E-state index in [0.29, 0.717) is 44.8 Å². The number of hydrogen-bond donors (Lipinski definition) is 3. The van der Waals surface area contributed by atoms with E-state index in [4.69, 9.17) is 10.3 Å². The minimum Gasteiger partial charge on any atom is -0.355 e. The van der Waals surface area contributed by atoms with Gasteiger partial charge in [-0.25, -0.2) is 0 Å². The average molecular weight is 552 g/mol. The first-order valence-electron chi connectivity index (χ1n) is 14.3. The number of carbonyl (C=O) groups excluding carboxylic acids is 2. The molecule has 212 valence electrons. The molecule has 3 aromatic carbocycles. The number of benzene rings is 3. The van der Waals surface area contributed by atoms with Gasteiger partial charge in [-0.2, -0.15) is 0 Å². The van der Waals surface area contributed by atoms with Crippen LogP contribution in [0.25, 0.3) is 11.3 Å². The molecule has 4 N–H and O–H groups in total. The normalized spacial score (nSPS) is 17.4. The topological polar surface area (TPSA) is 113 Å². The second-order valence-electron chi connectivity index (χ2n) is 10.4. The van der Waals surface area contributed by atoms with Crippen molar-refractivity contribution in [3.63, 3.8) is 0 Å². The second-order valence-corrected chi connectivity index (χ2v) is 10.4. The molecule has 0 bridgehead atoms. The molecule has 1 saturated heterocycles. The van der Waals surface area contributed by atoms with Crippen molar-refractivity contribution in [1.29, 1.82) is 0 Å². The van der Waals surface area contributed by atoms with Crippen LogP contribution < -0.4 is 16.4 Å². The maximum absolute atomic E-state index is 13.8. The van der Waals surface area contributed by atoms with Crippen LogP contribution in [0, 0.1) is 0 Å². The lowest BCUT2D eigenvalue weighted by Gasteiger charge is -2.29. The molecule has 2 heterocycles. The van der Waals surface area contributed by atoms with Crippen LogP contribution >= 0.6 is 0 Å². The number of carbonyl (C=O) groups is 2. The number of nitrogens with two attached hydrogens (primary N) is 1. The fourth-order valence-electron chi connectivity index (χ4n) is 5.37. The SMILES string of the molecule is NCCC[C@@H]1N[C@H](CNC(=O)c2cc(-c3ccccc3)on2)CCN(CC(c2ccccc2)c2ccccc2)C1=O. The molecule has 5 rings (SSSR count). The van der Waals surface area contributed by atoms with Crippen molar-refractivity contribution in [1.82, 2.24) is 20.7 Å². The number of aromatic nitrogens is 1. The van der Waals surface area contributed by atoms with Gasteiger partial charge < -0.3 is 25.8 Å². The summed E-state index contributed by atoms with van der Waals surface area (Å²) in [5, 5.41) is 10.5. The molecule has 1 aliphatic rings. The first-order chi connectivity index (χ1) is 20.1. The Bertz CT molecular complexity index is 1350. The molecular formula is C33H37N5O3. The van der Waals surface area contributed by atoms with Crippen molar-refractivity contribution < 1.29 is 14.1 Å². The highest BCUT2D eigenvalue weighted by Gasteiger charge is 2.32. The molecule has 2 amide bonds. The molecule has 1 fully saturated rings. The van der Waals surface area contributed by atoms with Gasteiger partial charge >= 0.3 is 0 Å². The average Bonchev–Trinajstić information content (AvgIpc) is 3.47. The Labute approximate surface area is 240 Å². The van der Waals surface area contributed by atoms with Gasteiger partial charge in [0.05, 0.1) is 6.04 Å². The largest absolute Gasteiger partial charge is 0.355 e. The van der Waals surface area contributed by atoms with Crippen molar-refractivity contribution in [2.45, 2.75) is 37.3 Å². The van der Waals surface area contributed by atoms with Crippen LogP contribution in [0.4, 0.5) is 0 Å². The van der Waals surface area contributed by atoms with E-state index < -0.39 is 0 Å². The molecule has 8 heteroatoms. The standard InChI is InChI=1S/C33H37N5O3/c34-19-10-17-29-33(40)38(23-28(24-11-4-1-5-12-24)25-13-6-2-7-14-25)20-18-27(36-29)22-35-32(39)30-21-31(41-37-30)26-15-8-3-9-16-26/h1-9,11-16,21,27-29,36H,10,17-20,22-23,34H2,(H,35,39)/t27-,29-/m0/s1. The van der Waals surface area contributed by atoms with E-state index in [1.54, 1.807) is 6.07 Å². The number of rotatable bonds is 11. The maximum atomic E-state index is 13.8. The summed E-state index contributed by atoms with van der Waals surface area (Å²) in [5.41, 5.74) is 9.24. The summed E-state index contributed by atoms with van der Waals surface area (Å²) in [6.07, 6.45) is 2.08. The van der Waals surface area contributed by atoms with Gasteiger partial charge in [0.2, 0.25) is 5.91 Å². The fourth-order valence-corrected chi connectivity index (χ4v) is 5.37. The Balaban J connectivity index is 1.27. The summed E-state index contributed by atoms with van der Waals surface area (Å²) in [4.78, 5) is 28.7. The van der Waals surface area contributed by atoms with Gasteiger partial charge in [0.15, 0.2) is 11.5 Å². The van der Waals surface area contributed by atoms with E-state index >= 15 is 0 Å². The van der Waals surface area contributed by atoms with Crippen LogP contribution in [0.15, 0.2) is 102 Å². The molecule has 41 heavy (non-hydrogen) atoms. The summed E-state index contributed by atoms with van der Waals surface area (Å²) in [7, 11) is 0. The minimum absolute atomic E-state index is 0.0544.